The highest BCUT2D eigenvalue weighted by Crippen LogP contribution is 2.38. The van der Waals surface area contributed by atoms with Crippen LogP contribution >= 0.6 is 11.1 Å². The van der Waals surface area contributed by atoms with E-state index in [1.54, 1.807) is 0 Å². The Morgan fingerprint density at radius 1 is 1.33 bits per heavy atom. The van der Waals surface area contributed by atoms with Crippen LogP contribution in [0.15, 0.2) is 0 Å². The first kappa shape index (κ1) is 15.3. The van der Waals surface area contributed by atoms with Gasteiger partial charge in [-0.1, -0.05) is 34.1 Å². The molecule has 0 rings (SSSR count). The van der Waals surface area contributed by atoms with Gasteiger partial charge in [0, 0.05) is 5.37 Å². The van der Waals surface area contributed by atoms with Crippen LogP contribution in [-0.2, 0) is 0 Å². The van der Waals surface area contributed by atoms with Crippen molar-refractivity contribution in [1.82, 2.24) is 4.72 Å². The Morgan fingerprint density at radius 2 is 1.87 bits per heavy atom. The Bertz CT molecular complexity index is 173. The largest absolute Gasteiger partial charge is 0.320 e. The van der Waals surface area contributed by atoms with E-state index in [0.29, 0.717) is 10.8 Å². The summed E-state index contributed by atoms with van der Waals surface area (Å²) in [6, 6.07) is 0. The van der Waals surface area contributed by atoms with E-state index < -0.39 is 0 Å². The molecular weight excluding hydrogens is 204 g/mol. The van der Waals surface area contributed by atoms with E-state index in [0.717, 1.165) is 12.3 Å². The highest BCUT2D eigenvalue weighted by atomic mass is 32.2. The lowest BCUT2D eigenvalue weighted by molar-refractivity contribution is 0.225. The van der Waals surface area contributed by atoms with Crippen LogP contribution in [0.2, 0.25) is 0 Å². The molecule has 94 valence electrons. The Kier molecular flexibility index (Phi) is 6.89. The summed E-state index contributed by atoms with van der Waals surface area (Å²) in [7, 11) is 2.01. The summed E-state index contributed by atoms with van der Waals surface area (Å²) in [6.07, 6.45) is 5.88. The predicted molar refractivity (Wildman–Crippen MR) is 74.4 cm³/mol. The smallest absolute Gasteiger partial charge is 0.0441 e. The number of thiol groups is 1. The standard InChI is InChI=1S/C12H30N2S/c1-7-12(4,8-10(2)3)9-11(13)15(6)14-5/h10-11,14-15H,7-9,13H2,1-6H3. The van der Waals surface area contributed by atoms with Crippen molar-refractivity contribution in [3.63, 3.8) is 0 Å². The molecule has 3 atom stereocenters. The zero-order chi connectivity index (χ0) is 12.1. The lowest BCUT2D eigenvalue weighted by Gasteiger charge is -2.35. The highest BCUT2D eigenvalue weighted by Gasteiger charge is 2.26. The topological polar surface area (TPSA) is 38.0 Å². The van der Waals surface area contributed by atoms with E-state index in [-0.39, 0.29) is 11.1 Å². The minimum Gasteiger partial charge on any atom is -0.320 e. The molecule has 3 unspecified atom stereocenters. The number of hydrogen-bond donors (Lipinski definition) is 3. The quantitative estimate of drug-likeness (QED) is 0.593. The molecule has 0 aromatic heterocycles. The molecule has 0 aliphatic carbocycles. The van der Waals surface area contributed by atoms with Crippen LogP contribution in [0.1, 0.15) is 47.0 Å². The molecule has 0 aliphatic heterocycles. The van der Waals surface area contributed by atoms with Crippen molar-refractivity contribution < 1.29 is 0 Å². The van der Waals surface area contributed by atoms with Gasteiger partial charge in [0.15, 0.2) is 0 Å². The fraction of sp³-hybridized carbons (Fsp3) is 1.00. The highest BCUT2D eigenvalue weighted by molar-refractivity contribution is 8.15. The Labute approximate surface area is 98.9 Å². The van der Waals surface area contributed by atoms with Crippen LogP contribution < -0.4 is 10.5 Å². The van der Waals surface area contributed by atoms with Crippen molar-refractivity contribution in [3.05, 3.63) is 0 Å². The summed E-state index contributed by atoms with van der Waals surface area (Å²) in [5.41, 5.74) is 6.65. The van der Waals surface area contributed by atoms with Crippen molar-refractivity contribution in [1.29, 1.82) is 0 Å². The molecule has 0 aromatic rings. The molecule has 15 heavy (non-hydrogen) atoms. The van der Waals surface area contributed by atoms with E-state index in [2.05, 4.69) is 38.7 Å². The number of nitrogens with two attached hydrogens (primary N) is 1. The lowest BCUT2D eigenvalue weighted by atomic mass is 9.77. The van der Waals surface area contributed by atoms with Crippen molar-refractivity contribution in [2.24, 2.45) is 17.1 Å². The van der Waals surface area contributed by atoms with Gasteiger partial charge in [-0.15, -0.1) is 0 Å². The average Bonchev–Trinajstić information content (AvgIpc) is 2.15. The van der Waals surface area contributed by atoms with Crippen LogP contribution in [-0.4, -0.2) is 18.7 Å². The predicted octanol–water partition coefficient (Wildman–Crippen LogP) is 2.89. The minimum atomic E-state index is -0.207. The van der Waals surface area contributed by atoms with Crippen LogP contribution in [0.5, 0.6) is 0 Å². The van der Waals surface area contributed by atoms with E-state index in [1.807, 2.05) is 7.05 Å². The summed E-state index contributed by atoms with van der Waals surface area (Å²) >= 11 is -0.207. The molecule has 0 saturated heterocycles. The molecule has 0 fully saturated rings. The molecule has 0 aromatic carbocycles. The van der Waals surface area contributed by atoms with Gasteiger partial charge in [-0.25, -0.2) is 0 Å². The molecule has 0 spiro atoms. The first-order valence-electron chi connectivity index (χ1n) is 6.00. The van der Waals surface area contributed by atoms with E-state index in [1.165, 1.54) is 12.8 Å². The van der Waals surface area contributed by atoms with E-state index in [4.69, 9.17) is 5.73 Å². The molecule has 3 N–H and O–H groups in total. The maximum atomic E-state index is 6.23. The minimum absolute atomic E-state index is 0.207. The number of rotatable bonds is 7. The zero-order valence-electron chi connectivity index (χ0n) is 11.3. The summed E-state index contributed by atoms with van der Waals surface area (Å²) in [6.45, 7) is 9.26. The normalized spacial score (nSPS) is 21.2. The van der Waals surface area contributed by atoms with Gasteiger partial charge in [0.25, 0.3) is 0 Å². The van der Waals surface area contributed by atoms with Gasteiger partial charge < -0.3 is 5.73 Å². The fourth-order valence-corrected chi connectivity index (χ4v) is 3.21. The molecule has 0 saturated carbocycles. The van der Waals surface area contributed by atoms with Gasteiger partial charge in [0.2, 0.25) is 0 Å². The SMILES string of the molecule is CCC(C)(CC(C)C)CC(N)[SH](C)NC. The molecular formula is C12H30N2S. The Morgan fingerprint density at radius 3 is 2.20 bits per heavy atom. The third-order valence-electron chi connectivity index (χ3n) is 3.31. The third-order valence-corrected chi connectivity index (χ3v) is 5.19. The molecule has 0 heterocycles. The number of hydrogen-bond acceptors (Lipinski definition) is 2. The molecule has 3 heteroatoms. The van der Waals surface area contributed by atoms with Crippen LogP contribution in [0.25, 0.3) is 0 Å². The van der Waals surface area contributed by atoms with Crippen molar-refractivity contribution >= 4 is 11.1 Å². The van der Waals surface area contributed by atoms with Gasteiger partial charge in [-0.3, -0.25) is 4.72 Å². The first-order valence-corrected chi connectivity index (χ1v) is 7.86. The molecule has 2 nitrogen and oxygen atoms in total. The van der Waals surface area contributed by atoms with Crippen LogP contribution in [0.4, 0.5) is 0 Å². The van der Waals surface area contributed by atoms with Gasteiger partial charge in [0.1, 0.15) is 0 Å². The monoisotopic (exact) mass is 234 g/mol. The van der Waals surface area contributed by atoms with Gasteiger partial charge in [0.05, 0.1) is 0 Å². The third kappa shape index (κ3) is 5.79. The maximum Gasteiger partial charge on any atom is 0.0441 e. The second-order valence-electron chi connectivity index (χ2n) is 5.37. The van der Waals surface area contributed by atoms with Gasteiger partial charge >= 0.3 is 0 Å². The van der Waals surface area contributed by atoms with Crippen molar-refractivity contribution in [2.75, 3.05) is 13.3 Å². The van der Waals surface area contributed by atoms with Crippen LogP contribution in [0.3, 0.4) is 0 Å². The fourth-order valence-electron chi connectivity index (χ4n) is 2.17. The second kappa shape index (κ2) is 6.77. The summed E-state index contributed by atoms with van der Waals surface area (Å²) in [5.74, 6) is 0.764. The molecule has 0 amide bonds. The van der Waals surface area contributed by atoms with Gasteiger partial charge in [-0.2, -0.15) is 11.1 Å². The summed E-state index contributed by atoms with van der Waals surface area (Å²) in [5, 5.41) is 0.327. The number of nitrogens with one attached hydrogen (secondary N) is 1. The average molecular weight is 234 g/mol. The van der Waals surface area contributed by atoms with Crippen molar-refractivity contribution in [2.45, 2.75) is 52.3 Å². The zero-order valence-corrected chi connectivity index (χ0v) is 12.2. The Hall–Kier alpha value is 0.270. The van der Waals surface area contributed by atoms with Crippen LogP contribution in [0, 0.1) is 11.3 Å². The van der Waals surface area contributed by atoms with Gasteiger partial charge in [-0.05, 0) is 37.5 Å². The second-order valence-corrected chi connectivity index (χ2v) is 7.70. The van der Waals surface area contributed by atoms with Crippen molar-refractivity contribution in [3.8, 4) is 0 Å². The Balaban J connectivity index is 4.29. The first-order chi connectivity index (χ1) is 6.84. The molecule has 0 aliphatic rings. The lowest BCUT2D eigenvalue weighted by Crippen LogP contribution is -2.33. The summed E-state index contributed by atoms with van der Waals surface area (Å²) < 4.78 is 3.30. The van der Waals surface area contributed by atoms with E-state index in [9.17, 15) is 0 Å². The summed E-state index contributed by atoms with van der Waals surface area (Å²) in [4.78, 5) is 0. The molecule has 0 bridgehead atoms. The van der Waals surface area contributed by atoms with E-state index >= 15 is 0 Å². The molecule has 0 radical (unpaired) electrons. The maximum absolute atomic E-state index is 6.23.